The number of esters is 1. The second kappa shape index (κ2) is 11.1. The van der Waals surface area contributed by atoms with Gasteiger partial charge >= 0.3 is 18.1 Å². The maximum absolute atomic E-state index is 12.2. The summed E-state index contributed by atoms with van der Waals surface area (Å²) < 4.78 is 63.4. The first kappa shape index (κ1) is 24.9. The van der Waals surface area contributed by atoms with Crippen LogP contribution in [0.3, 0.4) is 0 Å². The number of nitrogens with one attached hydrogen (secondary N) is 2. The Morgan fingerprint density at radius 1 is 1.31 bits per heavy atom. The zero-order valence-corrected chi connectivity index (χ0v) is 16.4. The van der Waals surface area contributed by atoms with Crippen molar-refractivity contribution in [3.63, 3.8) is 0 Å². The standard InChI is InChI=1S/C15H22N2O4S.C2HF3O2/c1-21-15(18)14(10-12-6-3-2-4-7-12)17-22(19,20)11-13-8-5-9-16-13;3-2(4,5)1(6)7/h2-4,6-7,13-14,16-17H,5,8-11H2,1H3;(H,6,7)/t13-,14+;/m1./s1. The number of carboxylic acid groups (broad SMARTS) is 1. The van der Waals surface area contributed by atoms with E-state index in [1.54, 1.807) is 0 Å². The van der Waals surface area contributed by atoms with E-state index < -0.39 is 34.2 Å². The van der Waals surface area contributed by atoms with Gasteiger partial charge in [-0.1, -0.05) is 30.3 Å². The number of hydrogen-bond acceptors (Lipinski definition) is 6. The van der Waals surface area contributed by atoms with Crippen LogP contribution in [-0.2, 0) is 30.8 Å². The zero-order valence-electron chi connectivity index (χ0n) is 15.6. The van der Waals surface area contributed by atoms with E-state index in [0.29, 0.717) is 0 Å². The van der Waals surface area contributed by atoms with E-state index in [9.17, 15) is 26.4 Å². The minimum atomic E-state index is -5.08. The van der Waals surface area contributed by atoms with Gasteiger partial charge in [0.1, 0.15) is 6.04 Å². The second-order valence-electron chi connectivity index (χ2n) is 6.26. The van der Waals surface area contributed by atoms with Crippen molar-refractivity contribution in [2.45, 2.75) is 37.5 Å². The van der Waals surface area contributed by atoms with Crippen molar-refractivity contribution >= 4 is 22.0 Å². The number of carbonyl (C=O) groups excluding carboxylic acids is 1. The monoisotopic (exact) mass is 440 g/mol. The Bertz CT molecular complexity index is 765. The fourth-order valence-corrected chi connectivity index (χ4v) is 4.12. The molecule has 29 heavy (non-hydrogen) atoms. The highest BCUT2D eigenvalue weighted by Gasteiger charge is 2.38. The molecule has 1 saturated heterocycles. The fraction of sp³-hybridized carbons (Fsp3) is 0.529. The van der Waals surface area contributed by atoms with Gasteiger partial charge in [-0.2, -0.15) is 13.2 Å². The number of rotatable bonds is 7. The average Bonchev–Trinajstić information content (AvgIpc) is 3.13. The van der Waals surface area contributed by atoms with Gasteiger partial charge in [0.25, 0.3) is 0 Å². The predicted molar refractivity (Wildman–Crippen MR) is 97.6 cm³/mol. The van der Waals surface area contributed by atoms with E-state index in [1.807, 2.05) is 30.3 Å². The summed E-state index contributed by atoms with van der Waals surface area (Å²) in [5.74, 6) is -3.35. The number of halogens is 3. The van der Waals surface area contributed by atoms with Gasteiger partial charge in [0.2, 0.25) is 10.0 Å². The van der Waals surface area contributed by atoms with Crippen molar-refractivity contribution in [2.75, 3.05) is 19.4 Å². The van der Waals surface area contributed by atoms with Gasteiger partial charge in [-0.3, -0.25) is 4.79 Å². The molecule has 3 N–H and O–H groups in total. The Labute approximate surface area is 166 Å². The molecular weight excluding hydrogens is 417 g/mol. The number of carbonyl (C=O) groups is 2. The largest absolute Gasteiger partial charge is 0.490 e. The number of methoxy groups -OCH3 is 1. The van der Waals surface area contributed by atoms with Crippen LogP contribution in [0.4, 0.5) is 13.2 Å². The van der Waals surface area contributed by atoms with Crippen molar-refractivity contribution in [3.8, 4) is 0 Å². The van der Waals surface area contributed by atoms with Gasteiger partial charge in [0.15, 0.2) is 0 Å². The summed E-state index contributed by atoms with van der Waals surface area (Å²) in [5.41, 5.74) is 0.875. The summed E-state index contributed by atoms with van der Waals surface area (Å²) in [6.45, 7) is 0.838. The van der Waals surface area contributed by atoms with E-state index in [2.05, 4.69) is 10.0 Å². The third-order valence-corrected chi connectivity index (χ3v) is 5.40. The molecule has 1 aromatic carbocycles. The van der Waals surface area contributed by atoms with Crippen LogP contribution in [0.25, 0.3) is 0 Å². The molecule has 0 unspecified atom stereocenters. The number of aliphatic carboxylic acids is 1. The highest BCUT2D eigenvalue weighted by atomic mass is 32.2. The Kier molecular flexibility index (Phi) is 9.53. The van der Waals surface area contributed by atoms with E-state index in [-0.39, 0.29) is 18.2 Å². The highest BCUT2D eigenvalue weighted by molar-refractivity contribution is 7.89. The molecule has 1 aromatic rings. The lowest BCUT2D eigenvalue weighted by molar-refractivity contribution is -0.192. The minimum Gasteiger partial charge on any atom is -0.475 e. The predicted octanol–water partition coefficient (Wildman–Crippen LogP) is 1.08. The molecule has 12 heteroatoms. The Morgan fingerprint density at radius 2 is 1.90 bits per heavy atom. The van der Waals surface area contributed by atoms with Gasteiger partial charge in [0.05, 0.1) is 12.9 Å². The molecule has 164 valence electrons. The van der Waals surface area contributed by atoms with Crippen LogP contribution in [-0.4, -0.2) is 63.1 Å². The molecule has 0 bridgehead atoms. The molecule has 0 aromatic heterocycles. The van der Waals surface area contributed by atoms with Crippen molar-refractivity contribution in [1.82, 2.24) is 10.0 Å². The van der Waals surface area contributed by atoms with E-state index in [4.69, 9.17) is 14.6 Å². The molecule has 1 aliphatic rings. The number of carboxylic acids is 1. The molecular formula is C17H23F3N2O6S. The Hall–Kier alpha value is -2.18. The zero-order chi connectivity index (χ0) is 22.1. The summed E-state index contributed by atoms with van der Waals surface area (Å²) >= 11 is 0. The van der Waals surface area contributed by atoms with Crippen LogP contribution >= 0.6 is 0 Å². The maximum Gasteiger partial charge on any atom is 0.490 e. The van der Waals surface area contributed by atoms with Gasteiger partial charge in [-0.05, 0) is 31.4 Å². The van der Waals surface area contributed by atoms with Crippen molar-refractivity contribution in [1.29, 1.82) is 0 Å². The molecule has 8 nitrogen and oxygen atoms in total. The lowest BCUT2D eigenvalue weighted by Crippen LogP contribution is -2.46. The average molecular weight is 440 g/mol. The molecule has 1 fully saturated rings. The van der Waals surface area contributed by atoms with E-state index >= 15 is 0 Å². The first-order valence-electron chi connectivity index (χ1n) is 8.60. The number of hydrogen-bond donors (Lipinski definition) is 3. The number of sulfonamides is 1. The van der Waals surface area contributed by atoms with E-state index in [1.165, 1.54) is 7.11 Å². The molecule has 1 heterocycles. The lowest BCUT2D eigenvalue weighted by atomic mass is 10.1. The molecule has 0 saturated carbocycles. The summed E-state index contributed by atoms with van der Waals surface area (Å²) in [6.07, 6.45) is -3.00. The van der Waals surface area contributed by atoms with Crippen molar-refractivity contribution < 1.29 is 41.0 Å². The van der Waals surface area contributed by atoms with Crippen LogP contribution in [0, 0.1) is 0 Å². The van der Waals surface area contributed by atoms with Gasteiger partial charge in [-0.15, -0.1) is 0 Å². The summed E-state index contributed by atoms with van der Waals surface area (Å²) in [7, 11) is -2.30. The normalized spacial score (nSPS) is 17.7. The Balaban J connectivity index is 0.000000516. The molecule has 0 radical (unpaired) electrons. The van der Waals surface area contributed by atoms with Crippen LogP contribution < -0.4 is 10.0 Å². The maximum atomic E-state index is 12.2. The summed E-state index contributed by atoms with van der Waals surface area (Å²) in [5, 5.41) is 10.3. The molecule has 1 aliphatic heterocycles. The van der Waals surface area contributed by atoms with Crippen LogP contribution in [0.15, 0.2) is 30.3 Å². The Morgan fingerprint density at radius 3 is 2.34 bits per heavy atom. The number of ether oxygens (including phenoxy) is 1. The first-order chi connectivity index (χ1) is 13.4. The smallest absolute Gasteiger partial charge is 0.475 e. The molecule has 0 aliphatic carbocycles. The first-order valence-corrected chi connectivity index (χ1v) is 10.2. The summed E-state index contributed by atoms with van der Waals surface area (Å²) in [6, 6.07) is 8.31. The van der Waals surface area contributed by atoms with Crippen LogP contribution in [0.2, 0.25) is 0 Å². The SMILES string of the molecule is COC(=O)[C@H](Cc1ccccc1)NS(=O)(=O)C[C@H]1CCCN1.O=C(O)C(F)(F)F. The lowest BCUT2D eigenvalue weighted by Gasteiger charge is -2.18. The number of alkyl halides is 3. The minimum absolute atomic E-state index is 0.0186. The third kappa shape index (κ3) is 9.72. The number of benzene rings is 1. The van der Waals surface area contributed by atoms with Crippen molar-refractivity contribution in [2.24, 2.45) is 0 Å². The molecule has 2 atom stereocenters. The fourth-order valence-electron chi connectivity index (χ4n) is 2.59. The van der Waals surface area contributed by atoms with Gasteiger partial charge < -0.3 is 15.2 Å². The quantitative estimate of drug-likeness (QED) is 0.543. The van der Waals surface area contributed by atoms with E-state index in [0.717, 1.165) is 24.9 Å². The van der Waals surface area contributed by atoms with Crippen LogP contribution in [0.1, 0.15) is 18.4 Å². The second-order valence-corrected chi connectivity index (χ2v) is 8.06. The van der Waals surface area contributed by atoms with Gasteiger partial charge in [0, 0.05) is 6.04 Å². The molecule has 2 rings (SSSR count). The topological polar surface area (TPSA) is 122 Å². The van der Waals surface area contributed by atoms with Gasteiger partial charge in [-0.25, -0.2) is 17.9 Å². The third-order valence-electron chi connectivity index (χ3n) is 3.92. The molecule has 0 spiro atoms. The van der Waals surface area contributed by atoms with Crippen molar-refractivity contribution in [3.05, 3.63) is 35.9 Å². The van der Waals surface area contributed by atoms with Crippen LogP contribution in [0.5, 0.6) is 0 Å². The molecule has 0 amide bonds. The highest BCUT2D eigenvalue weighted by Crippen LogP contribution is 2.13. The summed E-state index contributed by atoms with van der Waals surface area (Å²) in [4.78, 5) is 20.8.